The van der Waals surface area contributed by atoms with E-state index < -0.39 is 22.7 Å². The molecule has 0 amide bonds. The second kappa shape index (κ2) is 6.31. The quantitative estimate of drug-likeness (QED) is 0.549. The van der Waals surface area contributed by atoms with Crippen LogP contribution < -0.4 is 5.73 Å². The van der Waals surface area contributed by atoms with Gasteiger partial charge in [-0.05, 0) is 25.3 Å². The van der Waals surface area contributed by atoms with Gasteiger partial charge in [-0.1, -0.05) is 33.8 Å². The fourth-order valence-electron chi connectivity index (χ4n) is 1.94. The van der Waals surface area contributed by atoms with E-state index in [1.807, 2.05) is 13.8 Å². The maximum Gasteiger partial charge on any atom is 0.332 e. The van der Waals surface area contributed by atoms with Crippen LogP contribution in [0.4, 0.5) is 0 Å². The first kappa shape index (κ1) is 18.5. The van der Waals surface area contributed by atoms with Gasteiger partial charge in [0.1, 0.15) is 5.78 Å². The van der Waals surface area contributed by atoms with Gasteiger partial charge in [-0.2, -0.15) is 0 Å². The largest absolute Gasteiger partial charge is 0.480 e. The van der Waals surface area contributed by atoms with E-state index in [1.54, 1.807) is 6.92 Å². The van der Waals surface area contributed by atoms with Gasteiger partial charge in [-0.25, -0.2) is 4.79 Å². The first-order valence-corrected chi connectivity index (χ1v) is 6.66. The van der Waals surface area contributed by atoms with E-state index in [0.29, 0.717) is 0 Å². The number of aliphatic carboxylic acids is 1. The minimum atomic E-state index is -2.25. The van der Waals surface area contributed by atoms with Crippen LogP contribution in [0.15, 0.2) is 11.6 Å². The number of hydrogen-bond donors (Lipinski definition) is 2. The molecule has 0 saturated heterocycles. The fourth-order valence-corrected chi connectivity index (χ4v) is 1.94. The first-order valence-electron chi connectivity index (χ1n) is 6.66. The van der Waals surface area contributed by atoms with Crippen LogP contribution in [-0.4, -0.2) is 28.2 Å². The second-order valence-electron chi connectivity index (χ2n) is 6.06. The van der Waals surface area contributed by atoms with Crippen molar-refractivity contribution in [1.29, 1.82) is 0 Å². The summed E-state index contributed by atoms with van der Waals surface area (Å²) >= 11 is 0. The summed E-state index contributed by atoms with van der Waals surface area (Å²) in [6, 6.07) is 0. The van der Waals surface area contributed by atoms with E-state index in [2.05, 4.69) is 0 Å². The van der Waals surface area contributed by atoms with Crippen LogP contribution in [0.25, 0.3) is 0 Å². The van der Waals surface area contributed by atoms with Gasteiger partial charge in [0.05, 0.1) is 5.41 Å². The van der Waals surface area contributed by atoms with E-state index in [-0.39, 0.29) is 23.7 Å². The molecule has 0 aromatic rings. The fraction of sp³-hybridized carbons (Fsp3) is 0.667. The lowest BCUT2D eigenvalue weighted by molar-refractivity contribution is -0.157. The topological polar surface area (TPSA) is 97.5 Å². The molecule has 0 aliphatic rings. The van der Waals surface area contributed by atoms with E-state index in [1.165, 1.54) is 26.8 Å². The molecule has 0 fully saturated rings. The zero-order valence-electron chi connectivity index (χ0n) is 13.1. The summed E-state index contributed by atoms with van der Waals surface area (Å²) in [7, 11) is 0. The normalized spacial score (nSPS) is 15.9. The Kier molecular flexibility index (Phi) is 5.84. The Morgan fingerprint density at radius 3 is 2.00 bits per heavy atom. The molecular formula is C15H25NO4. The number of nitrogens with two attached hydrogens (primary N) is 1. The van der Waals surface area contributed by atoms with E-state index in [4.69, 9.17) is 5.73 Å². The maximum atomic E-state index is 12.3. The third-order valence-electron chi connectivity index (χ3n) is 3.76. The van der Waals surface area contributed by atoms with Crippen molar-refractivity contribution in [2.24, 2.45) is 17.1 Å². The van der Waals surface area contributed by atoms with Crippen LogP contribution >= 0.6 is 0 Å². The molecule has 0 rings (SSSR count). The molecule has 114 valence electrons. The van der Waals surface area contributed by atoms with Crippen LogP contribution in [0, 0.1) is 11.3 Å². The Labute approximate surface area is 120 Å². The lowest BCUT2D eigenvalue weighted by Gasteiger charge is -2.38. The monoisotopic (exact) mass is 283 g/mol. The van der Waals surface area contributed by atoms with Gasteiger partial charge in [0.15, 0.2) is 11.3 Å². The van der Waals surface area contributed by atoms with Gasteiger partial charge in [0.25, 0.3) is 0 Å². The number of rotatable bonds is 7. The minimum Gasteiger partial charge on any atom is -0.480 e. The van der Waals surface area contributed by atoms with Crippen molar-refractivity contribution < 1.29 is 19.5 Å². The Hall–Kier alpha value is -1.49. The van der Waals surface area contributed by atoms with Crippen LogP contribution in [0.3, 0.4) is 0 Å². The molecule has 0 aliphatic heterocycles. The molecule has 0 radical (unpaired) electrons. The van der Waals surface area contributed by atoms with E-state index >= 15 is 0 Å². The molecule has 0 aromatic carbocycles. The molecule has 3 N–H and O–H groups in total. The number of hydrogen-bond acceptors (Lipinski definition) is 4. The molecule has 0 bridgehead atoms. The summed E-state index contributed by atoms with van der Waals surface area (Å²) in [4.78, 5) is 36.3. The average Bonchev–Trinajstić information content (AvgIpc) is 2.34. The summed E-state index contributed by atoms with van der Waals surface area (Å²) in [5.41, 5.74) is 2.40. The van der Waals surface area contributed by atoms with Gasteiger partial charge in [0.2, 0.25) is 0 Å². The van der Waals surface area contributed by atoms with Crippen molar-refractivity contribution in [2.45, 2.75) is 53.5 Å². The molecule has 20 heavy (non-hydrogen) atoms. The number of carbonyl (C=O) groups excluding carboxylic acids is 2. The van der Waals surface area contributed by atoms with Gasteiger partial charge in [-0.3, -0.25) is 9.59 Å². The lowest BCUT2D eigenvalue weighted by Crippen LogP contribution is -2.67. The maximum absolute atomic E-state index is 12.3. The lowest BCUT2D eigenvalue weighted by atomic mass is 9.65. The van der Waals surface area contributed by atoms with Crippen LogP contribution in [0.5, 0.6) is 0 Å². The summed E-state index contributed by atoms with van der Waals surface area (Å²) in [5, 5.41) is 9.44. The van der Waals surface area contributed by atoms with Gasteiger partial charge in [0, 0.05) is 6.42 Å². The molecule has 5 nitrogen and oxygen atoms in total. The Morgan fingerprint density at radius 2 is 1.70 bits per heavy atom. The summed E-state index contributed by atoms with van der Waals surface area (Å²) < 4.78 is 0. The third-order valence-corrected chi connectivity index (χ3v) is 3.76. The molecule has 0 aliphatic carbocycles. The van der Waals surface area contributed by atoms with Crippen molar-refractivity contribution in [3.63, 3.8) is 0 Å². The van der Waals surface area contributed by atoms with Crippen LogP contribution in [-0.2, 0) is 14.4 Å². The highest BCUT2D eigenvalue weighted by Crippen LogP contribution is 2.35. The Bertz CT molecular complexity index is 449. The summed E-state index contributed by atoms with van der Waals surface area (Å²) in [5.74, 6) is -2.46. The number of ketones is 2. The number of carboxylic acids is 1. The van der Waals surface area contributed by atoms with Gasteiger partial charge < -0.3 is 10.8 Å². The zero-order valence-corrected chi connectivity index (χ0v) is 13.1. The number of carboxylic acid groups (broad SMARTS) is 1. The van der Waals surface area contributed by atoms with E-state index in [0.717, 1.165) is 0 Å². The standard InChI is InChI=1S/C15H25NO4/c1-7-10(4)12(18)15(16,13(19)20)14(5,6)11(17)8-9(2)3/h7,9H,8,16H2,1-6H3,(H,19,20)/b10-7-/t15-/m1/s1. The third kappa shape index (κ3) is 3.15. The molecular weight excluding hydrogens is 258 g/mol. The number of allylic oxidation sites excluding steroid dienone is 1. The molecule has 0 saturated carbocycles. The SMILES string of the molecule is C/C=C(/C)C(=O)[C@@](N)(C(=O)O)C(C)(C)C(=O)CC(C)C. The number of Topliss-reactive ketones (excluding diaryl/α,β-unsaturated/α-hetero) is 2. The minimum absolute atomic E-state index is 0.0673. The molecule has 0 spiro atoms. The predicted octanol–water partition coefficient (Wildman–Crippen LogP) is 1.95. The molecule has 0 heterocycles. The highest BCUT2D eigenvalue weighted by Gasteiger charge is 2.57. The second-order valence-corrected chi connectivity index (χ2v) is 6.06. The highest BCUT2D eigenvalue weighted by molar-refractivity contribution is 6.19. The van der Waals surface area contributed by atoms with Crippen molar-refractivity contribution >= 4 is 17.5 Å². The molecule has 0 aromatic heterocycles. The van der Waals surface area contributed by atoms with Crippen LogP contribution in [0.1, 0.15) is 48.0 Å². The summed E-state index contributed by atoms with van der Waals surface area (Å²) in [6.07, 6.45) is 1.68. The average molecular weight is 283 g/mol. The number of carbonyl (C=O) groups is 3. The van der Waals surface area contributed by atoms with Crippen molar-refractivity contribution in [3.05, 3.63) is 11.6 Å². The first-order chi connectivity index (χ1) is 8.92. The molecule has 0 unspecified atom stereocenters. The highest BCUT2D eigenvalue weighted by atomic mass is 16.4. The molecule has 5 heteroatoms. The smallest absolute Gasteiger partial charge is 0.332 e. The summed E-state index contributed by atoms with van der Waals surface area (Å²) in [6.45, 7) is 9.67. The van der Waals surface area contributed by atoms with E-state index in [9.17, 15) is 19.5 Å². The Morgan fingerprint density at radius 1 is 1.25 bits per heavy atom. The van der Waals surface area contributed by atoms with Crippen molar-refractivity contribution in [2.75, 3.05) is 0 Å². The van der Waals surface area contributed by atoms with Crippen molar-refractivity contribution in [1.82, 2.24) is 0 Å². The van der Waals surface area contributed by atoms with Crippen LogP contribution in [0.2, 0.25) is 0 Å². The van der Waals surface area contributed by atoms with Gasteiger partial charge in [-0.15, -0.1) is 0 Å². The van der Waals surface area contributed by atoms with Gasteiger partial charge >= 0.3 is 5.97 Å². The van der Waals surface area contributed by atoms with Crippen molar-refractivity contribution in [3.8, 4) is 0 Å². The predicted molar refractivity (Wildman–Crippen MR) is 77.2 cm³/mol. The Balaban J connectivity index is 5.86. The zero-order chi connectivity index (χ0) is 16.3. The molecule has 1 atom stereocenters.